The van der Waals surface area contributed by atoms with Crippen LogP contribution in [0.5, 0.6) is 0 Å². The van der Waals surface area contributed by atoms with Crippen LogP contribution in [-0.2, 0) is 17.0 Å². The molecule has 0 atom stereocenters. The Labute approximate surface area is 115 Å². The molecule has 0 saturated heterocycles. The molecular weight excluding hydrogens is 260 g/mol. The topological polar surface area (TPSA) is 80.9 Å². The molecule has 3 N–H and O–H groups in total. The maximum absolute atomic E-state index is 11.1. The highest BCUT2D eigenvalue weighted by Gasteiger charge is 2.02. The van der Waals surface area contributed by atoms with Gasteiger partial charge in [0, 0.05) is 18.1 Å². The van der Waals surface area contributed by atoms with Gasteiger partial charge in [-0.15, -0.1) is 11.8 Å². The first-order chi connectivity index (χ1) is 9.28. The van der Waals surface area contributed by atoms with Gasteiger partial charge < -0.3 is 0 Å². The van der Waals surface area contributed by atoms with Crippen molar-refractivity contribution in [3.05, 3.63) is 54.0 Å². The largest absolute Gasteiger partial charge is 0.294 e. The Bertz CT molecular complexity index is 530. The normalized spacial score (nSPS) is 10.2. The SMILES string of the molecule is NNC(=O)Cc1ccc(CSc2cnccn2)cc1. The van der Waals surface area contributed by atoms with E-state index in [1.807, 2.05) is 24.3 Å². The van der Waals surface area contributed by atoms with Gasteiger partial charge in [-0.05, 0) is 11.1 Å². The summed E-state index contributed by atoms with van der Waals surface area (Å²) >= 11 is 1.62. The number of carbonyl (C=O) groups is 1. The Balaban J connectivity index is 1.90. The summed E-state index contributed by atoms with van der Waals surface area (Å²) in [4.78, 5) is 19.3. The van der Waals surface area contributed by atoms with Crippen LogP contribution in [0.1, 0.15) is 11.1 Å². The molecular formula is C13H14N4OS. The summed E-state index contributed by atoms with van der Waals surface area (Å²) < 4.78 is 0. The third-order valence-corrected chi connectivity index (χ3v) is 3.46. The number of hydrogen-bond donors (Lipinski definition) is 2. The Morgan fingerprint density at radius 1 is 1.21 bits per heavy atom. The summed E-state index contributed by atoms with van der Waals surface area (Å²) in [6, 6.07) is 7.87. The van der Waals surface area contributed by atoms with E-state index < -0.39 is 0 Å². The molecule has 0 aliphatic carbocycles. The summed E-state index contributed by atoms with van der Waals surface area (Å²) in [5.74, 6) is 5.67. The van der Waals surface area contributed by atoms with Crippen molar-refractivity contribution in [1.82, 2.24) is 15.4 Å². The number of amides is 1. The highest BCUT2D eigenvalue weighted by molar-refractivity contribution is 7.98. The van der Waals surface area contributed by atoms with Crippen molar-refractivity contribution in [2.45, 2.75) is 17.2 Å². The summed E-state index contributed by atoms with van der Waals surface area (Å²) in [5.41, 5.74) is 4.23. The van der Waals surface area contributed by atoms with Gasteiger partial charge in [0.15, 0.2) is 0 Å². The van der Waals surface area contributed by atoms with Crippen LogP contribution in [0.4, 0.5) is 0 Å². The van der Waals surface area contributed by atoms with Crippen LogP contribution in [0, 0.1) is 0 Å². The smallest absolute Gasteiger partial charge is 0.238 e. The molecule has 98 valence electrons. The molecule has 0 aliphatic rings. The standard InChI is InChI=1S/C13H14N4OS/c14-17-12(18)7-10-1-3-11(4-2-10)9-19-13-8-15-5-6-16-13/h1-6,8H,7,9,14H2,(H,17,18). The highest BCUT2D eigenvalue weighted by Crippen LogP contribution is 2.19. The number of aromatic nitrogens is 2. The molecule has 6 heteroatoms. The minimum Gasteiger partial charge on any atom is -0.294 e. The van der Waals surface area contributed by atoms with Crippen LogP contribution in [0.15, 0.2) is 47.9 Å². The van der Waals surface area contributed by atoms with Crippen molar-refractivity contribution < 1.29 is 4.79 Å². The molecule has 1 heterocycles. The number of carbonyl (C=O) groups excluding carboxylic acids is 1. The minimum atomic E-state index is -0.193. The lowest BCUT2D eigenvalue weighted by Gasteiger charge is -2.03. The van der Waals surface area contributed by atoms with Gasteiger partial charge in [-0.1, -0.05) is 24.3 Å². The molecule has 1 aromatic carbocycles. The molecule has 19 heavy (non-hydrogen) atoms. The van der Waals surface area contributed by atoms with Crippen LogP contribution >= 0.6 is 11.8 Å². The molecule has 0 spiro atoms. The van der Waals surface area contributed by atoms with E-state index in [0.717, 1.165) is 16.3 Å². The number of nitrogens with one attached hydrogen (secondary N) is 1. The zero-order valence-electron chi connectivity index (χ0n) is 10.2. The van der Waals surface area contributed by atoms with Gasteiger partial charge in [-0.25, -0.2) is 10.8 Å². The van der Waals surface area contributed by atoms with Crippen molar-refractivity contribution in [2.75, 3.05) is 0 Å². The van der Waals surface area contributed by atoms with E-state index in [1.165, 1.54) is 5.56 Å². The minimum absolute atomic E-state index is 0.193. The van der Waals surface area contributed by atoms with Crippen molar-refractivity contribution in [3.63, 3.8) is 0 Å². The van der Waals surface area contributed by atoms with Crippen LogP contribution in [0.2, 0.25) is 0 Å². The number of nitrogens with two attached hydrogens (primary N) is 1. The van der Waals surface area contributed by atoms with Crippen molar-refractivity contribution >= 4 is 17.7 Å². The van der Waals surface area contributed by atoms with Crippen LogP contribution in [0.25, 0.3) is 0 Å². The molecule has 0 aliphatic heterocycles. The van der Waals surface area contributed by atoms with Gasteiger partial charge in [-0.3, -0.25) is 15.2 Å². The maximum Gasteiger partial charge on any atom is 0.238 e. The number of thioether (sulfide) groups is 1. The molecule has 0 bridgehead atoms. The van der Waals surface area contributed by atoms with Crippen molar-refractivity contribution in [3.8, 4) is 0 Å². The van der Waals surface area contributed by atoms with Gasteiger partial charge in [0.25, 0.3) is 0 Å². The molecule has 0 saturated carbocycles. The lowest BCUT2D eigenvalue weighted by molar-refractivity contribution is -0.120. The zero-order valence-corrected chi connectivity index (χ0v) is 11.1. The lowest BCUT2D eigenvalue weighted by Crippen LogP contribution is -2.31. The van der Waals surface area contributed by atoms with Crippen LogP contribution < -0.4 is 11.3 Å². The van der Waals surface area contributed by atoms with E-state index >= 15 is 0 Å². The Morgan fingerprint density at radius 3 is 2.58 bits per heavy atom. The molecule has 1 aromatic heterocycles. The van der Waals surface area contributed by atoms with E-state index in [4.69, 9.17) is 5.84 Å². The second kappa shape index (κ2) is 6.86. The first-order valence-corrected chi connectivity index (χ1v) is 6.72. The van der Waals surface area contributed by atoms with E-state index in [-0.39, 0.29) is 5.91 Å². The number of nitrogens with zero attached hydrogens (tertiary/aromatic N) is 2. The molecule has 1 amide bonds. The Morgan fingerprint density at radius 2 is 1.95 bits per heavy atom. The fourth-order valence-corrected chi connectivity index (χ4v) is 2.28. The van der Waals surface area contributed by atoms with Gasteiger partial charge in [0.1, 0.15) is 5.03 Å². The monoisotopic (exact) mass is 274 g/mol. The van der Waals surface area contributed by atoms with Gasteiger partial charge in [0.2, 0.25) is 5.91 Å². The molecule has 0 radical (unpaired) electrons. The number of benzene rings is 1. The number of hydrazine groups is 1. The molecule has 5 nitrogen and oxygen atoms in total. The second-order valence-electron chi connectivity index (χ2n) is 3.89. The van der Waals surface area contributed by atoms with Crippen LogP contribution in [-0.4, -0.2) is 15.9 Å². The quantitative estimate of drug-likeness (QED) is 0.372. The summed E-state index contributed by atoms with van der Waals surface area (Å²) in [5, 5.41) is 0.897. The fraction of sp³-hybridized carbons (Fsp3) is 0.154. The van der Waals surface area contributed by atoms with Crippen molar-refractivity contribution in [2.24, 2.45) is 5.84 Å². The molecule has 0 unspecified atom stereocenters. The van der Waals surface area contributed by atoms with E-state index in [1.54, 1.807) is 30.4 Å². The third kappa shape index (κ3) is 4.35. The lowest BCUT2D eigenvalue weighted by atomic mass is 10.1. The predicted octanol–water partition coefficient (Wildman–Crippen LogP) is 1.30. The average Bonchev–Trinajstić information content (AvgIpc) is 2.47. The number of hydrogen-bond acceptors (Lipinski definition) is 5. The summed E-state index contributed by atoms with van der Waals surface area (Å²) in [6.45, 7) is 0. The zero-order chi connectivity index (χ0) is 13.5. The molecule has 2 rings (SSSR count). The highest BCUT2D eigenvalue weighted by atomic mass is 32.2. The fourth-order valence-electron chi connectivity index (χ4n) is 1.51. The third-order valence-electron chi connectivity index (χ3n) is 2.47. The van der Waals surface area contributed by atoms with Crippen molar-refractivity contribution in [1.29, 1.82) is 0 Å². The Kier molecular flexibility index (Phi) is 4.88. The predicted molar refractivity (Wildman–Crippen MR) is 74.1 cm³/mol. The summed E-state index contributed by atoms with van der Waals surface area (Å²) in [7, 11) is 0. The first-order valence-electron chi connectivity index (χ1n) is 5.74. The first kappa shape index (κ1) is 13.5. The summed E-state index contributed by atoms with van der Waals surface area (Å²) in [6.07, 6.45) is 5.37. The van der Waals surface area contributed by atoms with Crippen LogP contribution in [0.3, 0.4) is 0 Å². The molecule has 0 fully saturated rings. The second-order valence-corrected chi connectivity index (χ2v) is 4.89. The maximum atomic E-state index is 11.1. The Hall–Kier alpha value is -1.92. The van der Waals surface area contributed by atoms with E-state index in [0.29, 0.717) is 6.42 Å². The van der Waals surface area contributed by atoms with E-state index in [9.17, 15) is 4.79 Å². The number of rotatable bonds is 5. The van der Waals surface area contributed by atoms with Gasteiger partial charge in [-0.2, -0.15) is 0 Å². The van der Waals surface area contributed by atoms with E-state index in [2.05, 4.69) is 15.4 Å². The van der Waals surface area contributed by atoms with Gasteiger partial charge >= 0.3 is 0 Å². The van der Waals surface area contributed by atoms with Gasteiger partial charge in [0.05, 0.1) is 12.6 Å². The average molecular weight is 274 g/mol. The molecule has 2 aromatic rings.